The molecule has 0 radical (unpaired) electrons. The zero-order valence-electron chi connectivity index (χ0n) is 12.6. The summed E-state index contributed by atoms with van der Waals surface area (Å²) in [5, 5.41) is 3.28. The maximum atomic E-state index is 5.22. The van der Waals surface area contributed by atoms with Gasteiger partial charge in [-0.3, -0.25) is 0 Å². The van der Waals surface area contributed by atoms with Crippen LogP contribution < -0.4 is 5.32 Å². The van der Waals surface area contributed by atoms with Gasteiger partial charge in [0.25, 0.3) is 0 Å². The van der Waals surface area contributed by atoms with Crippen LogP contribution in [0.2, 0.25) is 0 Å². The fourth-order valence-corrected chi connectivity index (χ4v) is 2.63. The van der Waals surface area contributed by atoms with E-state index in [-0.39, 0.29) is 5.92 Å². The highest BCUT2D eigenvalue weighted by molar-refractivity contribution is 9.10. The summed E-state index contributed by atoms with van der Waals surface area (Å²) in [5.74, 6) is 1.75. The van der Waals surface area contributed by atoms with E-state index in [1.54, 1.807) is 7.11 Å². The predicted molar refractivity (Wildman–Crippen MR) is 89.6 cm³/mol. The number of halogens is 1. The first-order valence-electron chi connectivity index (χ1n) is 7.03. The topological polar surface area (TPSA) is 47.0 Å². The van der Waals surface area contributed by atoms with Gasteiger partial charge in [0.1, 0.15) is 11.6 Å². The summed E-state index contributed by atoms with van der Waals surface area (Å²) in [6, 6.07) is 10.1. The second-order valence-corrected chi connectivity index (χ2v) is 5.64. The molecule has 0 aliphatic carbocycles. The number of ether oxygens (including phenoxy) is 1. The van der Waals surface area contributed by atoms with Gasteiger partial charge in [0.2, 0.25) is 0 Å². The lowest BCUT2D eigenvalue weighted by Crippen LogP contribution is -2.11. The number of aromatic nitrogens is 2. The molecule has 4 nitrogen and oxygen atoms in total. The van der Waals surface area contributed by atoms with E-state index in [0.717, 1.165) is 33.9 Å². The maximum Gasteiger partial charge on any atom is 0.144 e. The van der Waals surface area contributed by atoms with Crippen LogP contribution in [-0.4, -0.2) is 30.2 Å². The molecular weight excluding hydrogens is 330 g/mol. The van der Waals surface area contributed by atoms with E-state index in [4.69, 9.17) is 9.72 Å². The van der Waals surface area contributed by atoms with Gasteiger partial charge in [-0.15, -0.1) is 0 Å². The molecule has 1 atom stereocenters. The Morgan fingerprint density at radius 1 is 1.24 bits per heavy atom. The molecule has 1 heterocycles. The molecule has 1 aromatic carbocycles. The van der Waals surface area contributed by atoms with Crippen molar-refractivity contribution in [3.63, 3.8) is 0 Å². The van der Waals surface area contributed by atoms with Crippen molar-refractivity contribution in [1.82, 2.24) is 9.97 Å². The molecule has 0 spiro atoms. The molecule has 5 heteroatoms. The van der Waals surface area contributed by atoms with Crippen molar-refractivity contribution in [1.29, 1.82) is 0 Å². The van der Waals surface area contributed by atoms with Crippen LogP contribution in [0.15, 0.2) is 34.8 Å². The minimum atomic E-state index is 0.142. The van der Waals surface area contributed by atoms with Gasteiger partial charge in [-0.05, 0) is 22.9 Å². The Morgan fingerprint density at radius 3 is 2.57 bits per heavy atom. The molecule has 0 fully saturated rings. The maximum absolute atomic E-state index is 5.22. The van der Waals surface area contributed by atoms with E-state index in [2.05, 4.69) is 40.1 Å². The average Bonchev–Trinajstić information content (AvgIpc) is 2.50. The van der Waals surface area contributed by atoms with E-state index in [9.17, 15) is 0 Å². The Hall–Kier alpha value is -1.46. The van der Waals surface area contributed by atoms with Crippen LogP contribution >= 0.6 is 15.9 Å². The Morgan fingerprint density at radius 2 is 1.95 bits per heavy atom. The highest BCUT2D eigenvalue weighted by atomic mass is 79.9. The summed E-state index contributed by atoms with van der Waals surface area (Å²) >= 11 is 3.62. The van der Waals surface area contributed by atoms with E-state index < -0.39 is 0 Å². The van der Waals surface area contributed by atoms with Gasteiger partial charge in [-0.25, -0.2) is 9.97 Å². The Kier molecular flexibility index (Phi) is 5.70. The van der Waals surface area contributed by atoms with Crippen molar-refractivity contribution in [3.8, 4) is 11.3 Å². The Balaban J connectivity index is 2.52. The number of benzene rings is 1. The summed E-state index contributed by atoms with van der Waals surface area (Å²) in [7, 11) is 1.69. The van der Waals surface area contributed by atoms with Crippen LogP contribution in [0.5, 0.6) is 0 Å². The third-order valence-corrected chi connectivity index (χ3v) is 3.87. The molecule has 2 rings (SSSR count). The van der Waals surface area contributed by atoms with Crippen molar-refractivity contribution in [2.24, 2.45) is 0 Å². The summed E-state index contributed by atoms with van der Waals surface area (Å²) in [5.41, 5.74) is 1.97. The third-order valence-electron chi connectivity index (χ3n) is 3.12. The highest BCUT2D eigenvalue weighted by Crippen LogP contribution is 2.32. The number of methoxy groups -OCH3 is 1. The minimum Gasteiger partial charge on any atom is -0.384 e. The number of hydrogen-bond donors (Lipinski definition) is 1. The Bertz CT molecular complexity index is 590. The molecular formula is C16H20BrN3O. The fourth-order valence-electron chi connectivity index (χ4n) is 2.08. The summed E-state index contributed by atoms with van der Waals surface area (Å²) < 4.78 is 6.11. The van der Waals surface area contributed by atoms with Crippen LogP contribution in [0.3, 0.4) is 0 Å². The quantitative estimate of drug-likeness (QED) is 0.853. The Labute approximate surface area is 134 Å². The molecule has 21 heavy (non-hydrogen) atoms. The van der Waals surface area contributed by atoms with Gasteiger partial charge in [-0.1, -0.05) is 37.3 Å². The molecule has 1 N–H and O–H groups in total. The molecule has 0 saturated heterocycles. The second kappa shape index (κ2) is 7.52. The van der Waals surface area contributed by atoms with Crippen LogP contribution in [0.25, 0.3) is 11.3 Å². The molecule has 0 bridgehead atoms. The van der Waals surface area contributed by atoms with Crippen LogP contribution in [-0.2, 0) is 4.74 Å². The summed E-state index contributed by atoms with van der Waals surface area (Å²) in [6.45, 7) is 5.52. The molecule has 1 unspecified atom stereocenters. The number of rotatable bonds is 6. The van der Waals surface area contributed by atoms with Gasteiger partial charge in [-0.2, -0.15) is 0 Å². The van der Waals surface area contributed by atoms with Gasteiger partial charge in [0, 0.05) is 25.1 Å². The van der Waals surface area contributed by atoms with Crippen molar-refractivity contribution >= 4 is 21.7 Å². The number of hydrogen-bond acceptors (Lipinski definition) is 4. The normalized spacial score (nSPS) is 12.2. The second-order valence-electron chi connectivity index (χ2n) is 4.85. The first kappa shape index (κ1) is 15.9. The standard InChI is InChI=1S/C16H20BrN3O/c1-4-18-16-13(17)14(12-8-6-5-7-9-12)19-15(20-16)11(2)10-21-3/h5-9,11H,4,10H2,1-3H3,(H,18,19,20). The van der Waals surface area contributed by atoms with Crippen molar-refractivity contribution < 1.29 is 4.74 Å². The van der Waals surface area contributed by atoms with E-state index >= 15 is 0 Å². The van der Waals surface area contributed by atoms with Crippen LogP contribution in [0.4, 0.5) is 5.82 Å². The third kappa shape index (κ3) is 3.80. The first-order chi connectivity index (χ1) is 10.2. The molecule has 0 aliphatic rings. The van der Waals surface area contributed by atoms with Crippen molar-refractivity contribution in [3.05, 3.63) is 40.6 Å². The molecule has 0 saturated carbocycles. The molecule has 0 amide bonds. The summed E-state index contributed by atoms with van der Waals surface area (Å²) in [6.07, 6.45) is 0. The van der Waals surface area contributed by atoms with Gasteiger partial charge in [0.15, 0.2) is 0 Å². The van der Waals surface area contributed by atoms with Gasteiger partial charge >= 0.3 is 0 Å². The van der Waals surface area contributed by atoms with Crippen LogP contribution in [0, 0.1) is 0 Å². The van der Waals surface area contributed by atoms with E-state index in [1.165, 1.54) is 0 Å². The van der Waals surface area contributed by atoms with Crippen molar-refractivity contribution in [2.45, 2.75) is 19.8 Å². The predicted octanol–water partition coefficient (Wildman–Crippen LogP) is 4.09. The molecule has 0 aliphatic heterocycles. The lowest BCUT2D eigenvalue weighted by Gasteiger charge is -2.15. The number of anilines is 1. The lowest BCUT2D eigenvalue weighted by molar-refractivity contribution is 0.181. The van der Waals surface area contributed by atoms with E-state index in [1.807, 2.05) is 30.3 Å². The largest absolute Gasteiger partial charge is 0.384 e. The minimum absolute atomic E-state index is 0.142. The zero-order chi connectivity index (χ0) is 15.2. The van der Waals surface area contributed by atoms with E-state index in [0.29, 0.717) is 6.61 Å². The van der Waals surface area contributed by atoms with Gasteiger partial charge in [0.05, 0.1) is 16.8 Å². The number of nitrogens with zero attached hydrogens (tertiary/aromatic N) is 2. The average molecular weight is 350 g/mol. The van der Waals surface area contributed by atoms with Gasteiger partial charge < -0.3 is 10.1 Å². The molecule has 1 aromatic heterocycles. The SMILES string of the molecule is CCNc1nc(C(C)COC)nc(-c2ccccc2)c1Br. The van der Waals surface area contributed by atoms with Crippen molar-refractivity contribution in [2.75, 3.05) is 25.6 Å². The zero-order valence-corrected chi connectivity index (χ0v) is 14.1. The molecule has 112 valence electrons. The fraction of sp³-hybridized carbons (Fsp3) is 0.375. The highest BCUT2D eigenvalue weighted by Gasteiger charge is 2.17. The van der Waals surface area contributed by atoms with Crippen LogP contribution in [0.1, 0.15) is 25.6 Å². The first-order valence-corrected chi connectivity index (χ1v) is 7.82. The molecule has 2 aromatic rings. The smallest absolute Gasteiger partial charge is 0.144 e. The monoisotopic (exact) mass is 349 g/mol. The lowest BCUT2D eigenvalue weighted by atomic mass is 10.1. The summed E-state index contributed by atoms with van der Waals surface area (Å²) in [4.78, 5) is 9.34. The number of nitrogens with one attached hydrogen (secondary N) is 1.